The molecule has 194 valence electrons. The SMILES string of the molecule is CCCCOCCCCCCN.CCCCOCCCCCCNc1ccnc2ccccc12. The van der Waals surface area contributed by atoms with Crippen LogP contribution in [0, 0.1) is 0 Å². The number of para-hydroxylation sites is 1. The molecule has 0 aliphatic heterocycles. The first-order chi connectivity index (χ1) is 16.8. The molecule has 5 heteroatoms. The number of nitrogens with one attached hydrogen (secondary N) is 1. The molecule has 0 aliphatic carbocycles. The molecule has 0 amide bonds. The fraction of sp³-hybridized carbons (Fsp3) is 0.690. The average molecular weight is 474 g/mol. The summed E-state index contributed by atoms with van der Waals surface area (Å²) in [5.41, 5.74) is 7.62. The number of fused-ring (bicyclic) bond motifs is 1. The van der Waals surface area contributed by atoms with Gasteiger partial charge in [-0.2, -0.15) is 0 Å². The number of pyridine rings is 1. The summed E-state index contributed by atoms with van der Waals surface area (Å²) >= 11 is 0. The maximum absolute atomic E-state index is 5.58. The molecule has 0 atom stereocenters. The van der Waals surface area contributed by atoms with Crippen LogP contribution < -0.4 is 11.1 Å². The molecule has 0 spiro atoms. The van der Waals surface area contributed by atoms with Crippen LogP contribution >= 0.6 is 0 Å². The summed E-state index contributed by atoms with van der Waals surface area (Å²) in [6, 6.07) is 10.3. The van der Waals surface area contributed by atoms with Gasteiger partial charge in [0.2, 0.25) is 0 Å². The van der Waals surface area contributed by atoms with Gasteiger partial charge in [-0.05, 0) is 57.2 Å². The van der Waals surface area contributed by atoms with Crippen LogP contribution in [-0.2, 0) is 9.47 Å². The van der Waals surface area contributed by atoms with Crippen LogP contribution in [0.4, 0.5) is 5.69 Å². The highest BCUT2D eigenvalue weighted by Gasteiger charge is 2.00. The fourth-order valence-electron chi connectivity index (χ4n) is 3.55. The minimum absolute atomic E-state index is 0.830. The van der Waals surface area contributed by atoms with Gasteiger partial charge in [-0.3, -0.25) is 4.98 Å². The number of hydrogen-bond acceptors (Lipinski definition) is 5. The number of rotatable bonds is 20. The van der Waals surface area contributed by atoms with Crippen LogP contribution in [-0.4, -0.2) is 44.5 Å². The van der Waals surface area contributed by atoms with Crippen LogP contribution in [0.2, 0.25) is 0 Å². The molecule has 0 bridgehead atoms. The molecule has 0 saturated carbocycles. The fourth-order valence-corrected chi connectivity index (χ4v) is 3.55. The van der Waals surface area contributed by atoms with Crippen molar-refractivity contribution in [2.75, 3.05) is 44.8 Å². The van der Waals surface area contributed by atoms with Crippen LogP contribution in [0.3, 0.4) is 0 Å². The van der Waals surface area contributed by atoms with Gasteiger partial charge in [0.15, 0.2) is 0 Å². The number of anilines is 1. The normalized spacial score (nSPS) is 10.8. The molecule has 1 aromatic heterocycles. The summed E-state index contributed by atoms with van der Waals surface area (Å²) in [4.78, 5) is 4.39. The van der Waals surface area contributed by atoms with E-state index in [2.05, 4.69) is 48.4 Å². The quantitative estimate of drug-likeness (QED) is 0.197. The maximum Gasteiger partial charge on any atom is 0.0722 e. The van der Waals surface area contributed by atoms with E-state index in [4.69, 9.17) is 15.2 Å². The van der Waals surface area contributed by atoms with Crippen molar-refractivity contribution in [3.63, 3.8) is 0 Å². The molecule has 0 radical (unpaired) electrons. The summed E-state index contributed by atoms with van der Waals surface area (Å²) in [6.45, 7) is 9.95. The van der Waals surface area contributed by atoms with Gasteiger partial charge in [-0.15, -0.1) is 0 Å². The number of aromatic nitrogens is 1. The molecule has 0 unspecified atom stereocenters. The van der Waals surface area contributed by atoms with Crippen molar-refractivity contribution in [1.82, 2.24) is 4.98 Å². The van der Waals surface area contributed by atoms with E-state index in [1.165, 1.54) is 81.7 Å². The van der Waals surface area contributed by atoms with Crippen LogP contribution in [0.15, 0.2) is 36.5 Å². The van der Waals surface area contributed by atoms with E-state index in [1.54, 1.807) is 0 Å². The Bertz CT molecular complexity index is 681. The molecule has 0 saturated heterocycles. The minimum atomic E-state index is 0.830. The molecule has 3 N–H and O–H groups in total. The second kappa shape index (κ2) is 23.1. The van der Waals surface area contributed by atoms with Crippen LogP contribution in [0.5, 0.6) is 0 Å². The Kier molecular flexibility index (Phi) is 20.6. The number of ether oxygens (including phenoxy) is 2. The Morgan fingerprint density at radius 2 is 1.29 bits per heavy atom. The predicted molar refractivity (Wildman–Crippen MR) is 148 cm³/mol. The first kappa shape index (κ1) is 30.3. The molecule has 2 aromatic rings. The Labute approximate surface area is 209 Å². The molecular weight excluding hydrogens is 422 g/mol. The lowest BCUT2D eigenvalue weighted by Gasteiger charge is -2.09. The summed E-state index contributed by atoms with van der Waals surface area (Å²) in [5.74, 6) is 0. The van der Waals surface area contributed by atoms with E-state index in [9.17, 15) is 0 Å². The third kappa shape index (κ3) is 16.0. The number of nitrogens with zero attached hydrogens (tertiary/aromatic N) is 1. The predicted octanol–water partition coefficient (Wildman–Crippen LogP) is 7.35. The van der Waals surface area contributed by atoms with Crippen molar-refractivity contribution in [2.45, 2.75) is 90.9 Å². The zero-order chi connectivity index (χ0) is 24.5. The summed E-state index contributed by atoms with van der Waals surface area (Å²) in [7, 11) is 0. The summed E-state index contributed by atoms with van der Waals surface area (Å²) < 4.78 is 11.0. The van der Waals surface area contributed by atoms with Gasteiger partial charge < -0.3 is 20.5 Å². The second-order valence-corrected chi connectivity index (χ2v) is 8.85. The molecule has 0 aliphatic rings. The Hall–Kier alpha value is -1.69. The van der Waals surface area contributed by atoms with Gasteiger partial charge in [0, 0.05) is 50.2 Å². The number of benzene rings is 1. The van der Waals surface area contributed by atoms with E-state index in [-0.39, 0.29) is 0 Å². The van der Waals surface area contributed by atoms with Gasteiger partial charge in [0.05, 0.1) is 5.52 Å². The van der Waals surface area contributed by atoms with Crippen molar-refractivity contribution in [2.24, 2.45) is 5.73 Å². The highest BCUT2D eigenvalue weighted by molar-refractivity contribution is 5.90. The zero-order valence-electron chi connectivity index (χ0n) is 22.0. The first-order valence-electron chi connectivity index (χ1n) is 13.8. The standard InChI is InChI=1S/C19H28N2O.C10H23NO/c1-2-3-15-22-16-9-5-4-8-13-20-19-12-14-21-18-11-7-6-10-17(18)19;1-2-3-9-12-10-7-5-4-6-8-11/h6-7,10-12,14H,2-5,8-9,13,15-16H2,1H3,(H,20,21);2-11H2,1H3. The van der Waals surface area contributed by atoms with E-state index in [0.29, 0.717) is 0 Å². The Morgan fingerprint density at radius 3 is 1.94 bits per heavy atom. The highest BCUT2D eigenvalue weighted by atomic mass is 16.5. The summed E-state index contributed by atoms with van der Waals surface area (Å²) in [6.07, 6.45) is 16.5. The summed E-state index contributed by atoms with van der Waals surface area (Å²) in [5, 5.41) is 4.74. The number of unbranched alkanes of at least 4 members (excludes halogenated alkanes) is 8. The first-order valence-corrected chi connectivity index (χ1v) is 13.8. The van der Waals surface area contributed by atoms with E-state index in [0.717, 1.165) is 51.5 Å². The highest BCUT2D eigenvalue weighted by Crippen LogP contribution is 2.20. The zero-order valence-corrected chi connectivity index (χ0v) is 22.0. The van der Waals surface area contributed by atoms with Crippen LogP contribution in [0.25, 0.3) is 10.9 Å². The van der Waals surface area contributed by atoms with Gasteiger partial charge in [-0.25, -0.2) is 0 Å². The van der Waals surface area contributed by atoms with Gasteiger partial charge in [0.1, 0.15) is 0 Å². The van der Waals surface area contributed by atoms with E-state index < -0.39 is 0 Å². The molecule has 2 rings (SSSR count). The molecule has 0 fully saturated rings. The number of nitrogens with two attached hydrogens (primary N) is 1. The molecule has 1 aromatic carbocycles. The molecule has 5 nitrogen and oxygen atoms in total. The minimum Gasteiger partial charge on any atom is -0.384 e. The lowest BCUT2D eigenvalue weighted by Crippen LogP contribution is -2.03. The molecular formula is C29H51N3O2. The Balaban J connectivity index is 0.000000411. The Morgan fingerprint density at radius 1 is 0.706 bits per heavy atom. The van der Waals surface area contributed by atoms with Crippen molar-refractivity contribution in [3.05, 3.63) is 36.5 Å². The van der Waals surface area contributed by atoms with Crippen LogP contribution in [0.1, 0.15) is 90.9 Å². The van der Waals surface area contributed by atoms with Crippen molar-refractivity contribution >= 4 is 16.6 Å². The molecule has 34 heavy (non-hydrogen) atoms. The van der Waals surface area contributed by atoms with Gasteiger partial charge >= 0.3 is 0 Å². The lowest BCUT2D eigenvalue weighted by molar-refractivity contribution is 0.127. The van der Waals surface area contributed by atoms with Gasteiger partial charge in [0.25, 0.3) is 0 Å². The third-order valence-corrected chi connectivity index (χ3v) is 5.71. The van der Waals surface area contributed by atoms with Crippen molar-refractivity contribution in [3.8, 4) is 0 Å². The smallest absolute Gasteiger partial charge is 0.0722 e. The van der Waals surface area contributed by atoms with Crippen molar-refractivity contribution in [1.29, 1.82) is 0 Å². The largest absolute Gasteiger partial charge is 0.384 e. The maximum atomic E-state index is 5.58. The van der Waals surface area contributed by atoms with E-state index in [1.807, 2.05) is 12.3 Å². The topological polar surface area (TPSA) is 69.4 Å². The average Bonchev–Trinajstić information content (AvgIpc) is 2.87. The molecule has 1 heterocycles. The number of hydrogen-bond donors (Lipinski definition) is 2. The lowest BCUT2D eigenvalue weighted by atomic mass is 10.1. The third-order valence-electron chi connectivity index (χ3n) is 5.71. The van der Waals surface area contributed by atoms with Gasteiger partial charge in [-0.1, -0.05) is 70.6 Å². The monoisotopic (exact) mass is 473 g/mol. The van der Waals surface area contributed by atoms with E-state index >= 15 is 0 Å². The second-order valence-electron chi connectivity index (χ2n) is 8.85. The van der Waals surface area contributed by atoms with Crippen molar-refractivity contribution < 1.29 is 9.47 Å².